The maximum atomic E-state index is 13.9. The Morgan fingerprint density at radius 3 is 2.50 bits per heavy atom. The summed E-state index contributed by atoms with van der Waals surface area (Å²) in [6, 6.07) is 12.7. The van der Waals surface area contributed by atoms with Crippen LogP contribution < -0.4 is 9.04 Å². The molecule has 172 valence electrons. The van der Waals surface area contributed by atoms with Gasteiger partial charge in [0.05, 0.1) is 11.5 Å². The number of ether oxygens (including phenoxy) is 2. The van der Waals surface area contributed by atoms with E-state index in [-0.39, 0.29) is 17.4 Å². The molecule has 7 nitrogen and oxygen atoms in total. The van der Waals surface area contributed by atoms with E-state index in [2.05, 4.69) is 21.1 Å². The van der Waals surface area contributed by atoms with Gasteiger partial charge < -0.3 is 14.0 Å². The van der Waals surface area contributed by atoms with E-state index in [1.54, 1.807) is 32.0 Å². The van der Waals surface area contributed by atoms with E-state index in [1.807, 2.05) is 31.2 Å². The van der Waals surface area contributed by atoms with E-state index < -0.39 is 10.0 Å². The fourth-order valence-electron chi connectivity index (χ4n) is 3.24. The van der Waals surface area contributed by atoms with Crippen molar-refractivity contribution in [3.05, 3.63) is 59.4 Å². The first kappa shape index (κ1) is 24.3. The molecule has 0 amide bonds. The molecule has 0 fully saturated rings. The monoisotopic (exact) mass is 522 g/mol. The maximum Gasteiger partial charge on any atom is 0.268 e. The Labute approximate surface area is 197 Å². The van der Waals surface area contributed by atoms with Gasteiger partial charge in [0.2, 0.25) is 0 Å². The fraction of sp³-hybridized carbons (Fsp3) is 0.348. The molecule has 0 aliphatic heterocycles. The number of hydrogen-bond donors (Lipinski definition) is 0. The predicted molar refractivity (Wildman–Crippen MR) is 128 cm³/mol. The van der Waals surface area contributed by atoms with Gasteiger partial charge in [-0.25, -0.2) is 12.7 Å². The average molecular weight is 523 g/mol. The lowest BCUT2D eigenvalue weighted by Gasteiger charge is -2.23. The predicted octanol–water partition coefficient (Wildman–Crippen LogP) is 5.44. The lowest BCUT2D eigenvalue weighted by Crippen LogP contribution is -2.34. The SMILES string of the molecule is CCCOc1ccc(CBr)cc1-c1ccccc1S(=O)(=O)N(COC)c1noc(C)c1C. The molecule has 0 N–H and O–H groups in total. The second-order valence-electron chi connectivity index (χ2n) is 7.27. The van der Waals surface area contributed by atoms with Crippen molar-refractivity contribution >= 4 is 31.8 Å². The quantitative estimate of drug-likeness (QED) is 0.260. The number of benzene rings is 2. The first-order valence-electron chi connectivity index (χ1n) is 10.2. The fourth-order valence-corrected chi connectivity index (χ4v) is 5.18. The van der Waals surface area contributed by atoms with Crippen LogP contribution in [0.5, 0.6) is 5.75 Å². The molecule has 0 aliphatic rings. The first-order chi connectivity index (χ1) is 15.3. The van der Waals surface area contributed by atoms with Crippen molar-refractivity contribution in [2.24, 2.45) is 0 Å². The standard InChI is InChI=1S/C23H27BrN2O5S/c1-5-12-30-21-11-10-18(14-24)13-20(21)19-8-6-7-9-22(19)32(27,28)26(15-29-4)23-16(2)17(3)31-25-23/h6-11,13H,5,12,14-15H2,1-4H3. The van der Waals surface area contributed by atoms with Gasteiger partial charge in [0.1, 0.15) is 18.2 Å². The van der Waals surface area contributed by atoms with Crippen molar-refractivity contribution in [2.75, 3.05) is 24.8 Å². The molecule has 1 heterocycles. The smallest absolute Gasteiger partial charge is 0.268 e. The van der Waals surface area contributed by atoms with Gasteiger partial charge in [-0.1, -0.05) is 52.3 Å². The zero-order valence-electron chi connectivity index (χ0n) is 18.6. The van der Waals surface area contributed by atoms with Gasteiger partial charge in [0, 0.05) is 29.1 Å². The van der Waals surface area contributed by atoms with Crippen LogP contribution in [-0.4, -0.2) is 34.0 Å². The third-order valence-electron chi connectivity index (χ3n) is 5.02. The summed E-state index contributed by atoms with van der Waals surface area (Å²) >= 11 is 3.48. The summed E-state index contributed by atoms with van der Waals surface area (Å²) < 4.78 is 45.3. The van der Waals surface area contributed by atoms with Crippen LogP contribution in [0.4, 0.5) is 5.82 Å². The Morgan fingerprint density at radius 2 is 1.88 bits per heavy atom. The number of rotatable bonds is 10. The van der Waals surface area contributed by atoms with E-state index in [0.717, 1.165) is 16.3 Å². The van der Waals surface area contributed by atoms with E-state index in [0.29, 0.717) is 40.1 Å². The molecule has 2 aromatic carbocycles. The molecule has 0 unspecified atom stereocenters. The second kappa shape index (κ2) is 10.5. The van der Waals surface area contributed by atoms with Gasteiger partial charge in [0.25, 0.3) is 10.0 Å². The second-order valence-corrected chi connectivity index (χ2v) is 9.66. The molecule has 0 saturated carbocycles. The van der Waals surface area contributed by atoms with Gasteiger partial charge in [-0.3, -0.25) is 0 Å². The Hall–Kier alpha value is -2.36. The average Bonchev–Trinajstić information content (AvgIpc) is 3.13. The number of aryl methyl sites for hydroxylation is 1. The third-order valence-corrected chi connectivity index (χ3v) is 7.44. The lowest BCUT2D eigenvalue weighted by molar-refractivity contribution is 0.208. The number of halogens is 1. The molecule has 9 heteroatoms. The van der Waals surface area contributed by atoms with E-state index in [4.69, 9.17) is 14.0 Å². The van der Waals surface area contributed by atoms with Crippen LogP contribution >= 0.6 is 15.9 Å². The Balaban J connectivity index is 2.20. The lowest BCUT2D eigenvalue weighted by atomic mass is 10.0. The highest BCUT2D eigenvalue weighted by Gasteiger charge is 2.32. The molecule has 0 spiro atoms. The van der Waals surface area contributed by atoms with E-state index in [9.17, 15) is 8.42 Å². The minimum Gasteiger partial charge on any atom is -0.493 e. The van der Waals surface area contributed by atoms with Gasteiger partial charge in [0.15, 0.2) is 5.82 Å². The summed E-state index contributed by atoms with van der Waals surface area (Å²) in [4.78, 5) is 0.130. The highest BCUT2D eigenvalue weighted by atomic mass is 79.9. The maximum absolute atomic E-state index is 13.9. The summed E-state index contributed by atoms with van der Waals surface area (Å²) in [6.07, 6.45) is 0.839. The third kappa shape index (κ3) is 4.84. The summed E-state index contributed by atoms with van der Waals surface area (Å²) in [7, 11) is -2.61. The number of hydrogen-bond acceptors (Lipinski definition) is 6. The molecule has 0 atom stereocenters. The van der Waals surface area contributed by atoms with Crippen LogP contribution in [0, 0.1) is 13.8 Å². The Morgan fingerprint density at radius 1 is 1.12 bits per heavy atom. The van der Waals surface area contributed by atoms with Crippen LogP contribution in [0.3, 0.4) is 0 Å². The molecule has 3 aromatic rings. The molecule has 3 rings (SSSR count). The molecule has 1 aromatic heterocycles. The largest absolute Gasteiger partial charge is 0.493 e. The summed E-state index contributed by atoms with van der Waals surface area (Å²) in [6.45, 7) is 5.85. The van der Waals surface area contributed by atoms with Gasteiger partial charge in [-0.05, 0) is 44.0 Å². The van der Waals surface area contributed by atoms with Gasteiger partial charge in [-0.15, -0.1) is 0 Å². The molecular formula is C23H27BrN2O5S. The highest BCUT2D eigenvalue weighted by molar-refractivity contribution is 9.08. The number of anilines is 1. The van der Waals surface area contributed by atoms with Crippen molar-refractivity contribution in [1.29, 1.82) is 0 Å². The molecular weight excluding hydrogens is 496 g/mol. The molecule has 0 radical (unpaired) electrons. The highest BCUT2D eigenvalue weighted by Crippen LogP contribution is 2.38. The minimum atomic E-state index is -4.04. The van der Waals surface area contributed by atoms with Gasteiger partial charge in [-0.2, -0.15) is 0 Å². The Bertz CT molecular complexity index is 1180. The number of aromatic nitrogens is 1. The molecule has 0 bridgehead atoms. The molecule has 0 saturated heterocycles. The van der Waals surface area contributed by atoms with Gasteiger partial charge >= 0.3 is 0 Å². The van der Waals surface area contributed by atoms with Crippen LogP contribution in [-0.2, 0) is 20.1 Å². The normalized spacial score (nSPS) is 11.5. The number of sulfonamides is 1. The number of methoxy groups -OCH3 is 1. The summed E-state index contributed by atoms with van der Waals surface area (Å²) in [5.41, 5.74) is 2.89. The zero-order valence-corrected chi connectivity index (χ0v) is 21.0. The number of nitrogens with zero attached hydrogens (tertiary/aromatic N) is 2. The van der Waals surface area contributed by atoms with Crippen LogP contribution in [0.15, 0.2) is 51.9 Å². The van der Waals surface area contributed by atoms with E-state index >= 15 is 0 Å². The minimum absolute atomic E-state index is 0.130. The number of alkyl halides is 1. The van der Waals surface area contributed by atoms with Crippen molar-refractivity contribution in [2.45, 2.75) is 37.4 Å². The molecule has 32 heavy (non-hydrogen) atoms. The van der Waals surface area contributed by atoms with Crippen molar-refractivity contribution in [3.63, 3.8) is 0 Å². The molecule has 0 aliphatic carbocycles. The summed E-state index contributed by atoms with van der Waals surface area (Å²) in [5, 5.41) is 4.61. The van der Waals surface area contributed by atoms with Crippen molar-refractivity contribution in [1.82, 2.24) is 5.16 Å². The van der Waals surface area contributed by atoms with Crippen molar-refractivity contribution in [3.8, 4) is 16.9 Å². The van der Waals surface area contributed by atoms with Crippen LogP contribution in [0.1, 0.15) is 30.2 Å². The Kier molecular flexibility index (Phi) is 7.97. The first-order valence-corrected chi connectivity index (χ1v) is 12.8. The van der Waals surface area contributed by atoms with Crippen LogP contribution in [0.2, 0.25) is 0 Å². The summed E-state index contributed by atoms with van der Waals surface area (Å²) in [5.74, 6) is 1.38. The van der Waals surface area contributed by atoms with E-state index in [1.165, 1.54) is 7.11 Å². The zero-order chi connectivity index (χ0) is 23.3. The van der Waals surface area contributed by atoms with Crippen molar-refractivity contribution < 1.29 is 22.4 Å². The van der Waals surface area contributed by atoms with Crippen LogP contribution in [0.25, 0.3) is 11.1 Å². The topological polar surface area (TPSA) is 81.9 Å².